The van der Waals surface area contributed by atoms with Crippen molar-refractivity contribution in [2.24, 2.45) is 5.73 Å². The van der Waals surface area contributed by atoms with E-state index in [0.29, 0.717) is 11.4 Å². The summed E-state index contributed by atoms with van der Waals surface area (Å²) >= 11 is 0. The molecule has 172 valence electrons. The second-order valence-electron chi connectivity index (χ2n) is 7.51. The van der Waals surface area contributed by atoms with Gasteiger partial charge in [0.2, 0.25) is 5.91 Å². The van der Waals surface area contributed by atoms with Crippen LogP contribution in [0, 0.1) is 0 Å². The first kappa shape index (κ1) is 22.5. The molecule has 0 aliphatic carbocycles. The number of fused-ring (bicyclic) bond motifs is 1. The lowest BCUT2D eigenvalue weighted by Crippen LogP contribution is -2.30. The Morgan fingerprint density at radius 1 is 1.00 bits per heavy atom. The lowest BCUT2D eigenvalue weighted by Gasteiger charge is -2.14. The van der Waals surface area contributed by atoms with Crippen LogP contribution in [0.4, 0.5) is 5.69 Å². The average molecular weight is 461 g/mol. The third-order valence-corrected chi connectivity index (χ3v) is 5.19. The third-order valence-electron chi connectivity index (χ3n) is 5.19. The third kappa shape index (κ3) is 4.42. The van der Waals surface area contributed by atoms with E-state index >= 15 is 0 Å². The molecule has 1 aromatic heterocycles. The van der Waals surface area contributed by atoms with E-state index in [0.717, 1.165) is 4.90 Å². The Balaban J connectivity index is 1.41. The quantitative estimate of drug-likeness (QED) is 0.405. The smallest absolute Gasteiger partial charge is 0.338 e. The number of nitrogens with zero attached hydrogens (tertiary/aromatic N) is 1. The molecule has 1 unspecified atom stereocenters. The Labute approximate surface area is 193 Å². The monoisotopic (exact) mass is 461 g/mol. The fourth-order valence-corrected chi connectivity index (χ4v) is 3.36. The van der Waals surface area contributed by atoms with Crippen LogP contribution in [0.3, 0.4) is 0 Å². The van der Waals surface area contributed by atoms with Gasteiger partial charge < -0.3 is 20.2 Å². The van der Waals surface area contributed by atoms with Crippen LogP contribution >= 0.6 is 0 Å². The Morgan fingerprint density at radius 3 is 2.32 bits per heavy atom. The largest absolute Gasteiger partial charge is 0.467 e. The van der Waals surface area contributed by atoms with Gasteiger partial charge in [0.1, 0.15) is 5.76 Å². The number of nitrogens with one attached hydrogen (secondary N) is 1. The van der Waals surface area contributed by atoms with Crippen molar-refractivity contribution < 1.29 is 33.1 Å². The summed E-state index contributed by atoms with van der Waals surface area (Å²) in [6.07, 6.45) is 0.277. The van der Waals surface area contributed by atoms with Gasteiger partial charge in [-0.3, -0.25) is 24.1 Å². The number of benzene rings is 2. The zero-order chi connectivity index (χ0) is 24.4. The molecule has 34 heavy (non-hydrogen) atoms. The fourth-order valence-electron chi connectivity index (χ4n) is 3.36. The van der Waals surface area contributed by atoms with E-state index in [1.165, 1.54) is 55.7 Å². The topological polar surface area (TPSA) is 149 Å². The van der Waals surface area contributed by atoms with Gasteiger partial charge in [0, 0.05) is 11.3 Å². The number of hydrogen-bond acceptors (Lipinski definition) is 7. The van der Waals surface area contributed by atoms with Crippen molar-refractivity contribution in [3.05, 3.63) is 88.9 Å². The summed E-state index contributed by atoms with van der Waals surface area (Å²) in [6.45, 7) is 1.36. The lowest BCUT2D eigenvalue weighted by molar-refractivity contribution is -0.123. The van der Waals surface area contributed by atoms with Crippen molar-refractivity contribution in [2.75, 3.05) is 5.32 Å². The van der Waals surface area contributed by atoms with E-state index in [1.54, 1.807) is 12.1 Å². The minimum Gasteiger partial charge on any atom is -0.467 e. The number of ether oxygens (including phenoxy) is 1. The zero-order valence-corrected chi connectivity index (χ0v) is 17.9. The summed E-state index contributed by atoms with van der Waals surface area (Å²) < 4.78 is 10.4. The summed E-state index contributed by atoms with van der Waals surface area (Å²) in [7, 11) is 0. The molecule has 0 saturated heterocycles. The molecule has 1 aliphatic heterocycles. The van der Waals surface area contributed by atoms with Gasteiger partial charge >= 0.3 is 5.97 Å². The van der Waals surface area contributed by atoms with Gasteiger partial charge in [0.15, 0.2) is 6.10 Å². The van der Waals surface area contributed by atoms with Crippen molar-refractivity contribution in [3.8, 4) is 0 Å². The number of carbonyl (C=O) groups is 5. The Morgan fingerprint density at radius 2 is 1.68 bits per heavy atom. The Bertz CT molecular complexity index is 1300. The number of primary amides is 1. The second-order valence-corrected chi connectivity index (χ2v) is 7.51. The lowest BCUT2D eigenvalue weighted by atomic mass is 10.1. The molecule has 10 heteroatoms. The van der Waals surface area contributed by atoms with Crippen LogP contribution in [-0.2, 0) is 16.1 Å². The van der Waals surface area contributed by atoms with E-state index in [2.05, 4.69) is 5.32 Å². The van der Waals surface area contributed by atoms with E-state index < -0.39 is 35.7 Å². The normalized spacial score (nSPS) is 13.4. The number of carbonyl (C=O) groups excluding carboxylic acids is 5. The molecule has 0 radical (unpaired) electrons. The van der Waals surface area contributed by atoms with Gasteiger partial charge in [0.25, 0.3) is 17.7 Å². The fraction of sp³-hybridized carbons (Fsp3) is 0.125. The predicted octanol–water partition coefficient (Wildman–Crippen LogP) is 2.36. The first-order valence-electron chi connectivity index (χ1n) is 10.2. The van der Waals surface area contributed by atoms with E-state index in [1.807, 2.05) is 0 Å². The highest BCUT2D eigenvalue weighted by Gasteiger charge is 2.36. The van der Waals surface area contributed by atoms with Crippen molar-refractivity contribution in [3.63, 3.8) is 0 Å². The van der Waals surface area contributed by atoms with Crippen LogP contribution in [0.25, 0.3) is 0 Å². The number of imide groups is 1. The maximum Gasteiger partial charge on any atom is 0.338 e. The minimum atomic E-state index is -1.16. The van der Waals surface area contributed by atoms with Crippen LogP contribution < -0.4 is 11.1 Å². The molecule has 3 aromatic rings. The highest BCUT2D eigenvalue weighted by atomic mass is 16.5. The van der Waals surface area contributed by atoms with Crippen molar-refractivity contribution in [1.29, 1.82) is 0 Å². The van der Waals surface area contributed by atoms with Gasteiger partial charge in [0.05, 0.1) is 29.5 Å². The average Bonchev–Trinajstić information content (AvgIpc) is 3.42. The van der Waals surface area contributed by atoms with Crippen LogP contribution in [0.2, 0.25) is 0 Å². The minimum absolute atomic E-state index is 0.0187. The van der Waals surface area contributed by atoms with E-state index in [9.17, 15) is 24.0 Å². The summed E-state index contributed by atoms with van der Waals surface area (Å²) in [5.41, 5.74) is 6.10. The predicted molar refractivity (Wildman–Crippen MR) is 118 cm³/mol. The molecule has 1 atom stereocenters. The molecule has 0 fully saturated rings. The number of esters is 1. The SMILES string of the molecule is CC(OC(=O)c1ccc2c(c1)C(=O)N(Cc1ccco1)C2=O)C(=O)Nc1ccc(C(N)=O)cc1. The number of hydrogen-bond donors (Lipinski definition) is 2. The molecule has 2 aromatic carbocycles. The summed E-state index contributed by atoms with van der Waals surface area (Å²) in [4.78, 5) is 62.4. The van der Waals surface area contributed by atoms with Gasteiger partial charge in [-0.2, -0.15) is 0 Å². The Hall–Kier alpha value is -4.73. The first-order valence-corrected chi connectivity index (χ1v) is 10.2. The standard InChI is InChI=1S/C24H19N3O7/c1-13(21(29)26-16-7-4-14(5-8-16)20(25)28)34-24(32)15-6-9-18-19(11-15)23(31)27(22(18)30)12-17-3-2-10-33-17/h2-11,13H,12H2,1H3,(H2,25,28)(H,26,29). The molecular formula is C24H19N3O7. The summed E-state index contributed by atoms with van der Waals surface area (Å²) in [6, 6.07) is 13.2. The first-order chi connectivity index (χ1) is 16.2. The van der Waals surface area contributed by atoms with Crippen LogP contribution in [-0.4, -0.2) is 40.6 Å². The molecular weight excluding hydrogens is 442 g/mol. The molecule has 0 bridgehead atoms. The van der Waals surface area contributed by atoms with Crippen molar-refractivity contribution >= 4 is 35.3 Å². The number of rotatable bonds is 7. The molecule has 4 rings (SSSR count). The second kappa shape index (κ2) is 9.02. The van der Waals surface area contributed by atoms with E-state index in [-0.39, 0.29) is 28.8 Å². The highest BCUT2D eigenvalue weighted by Crippen LogP contribution is 2.26. The molecule has 10 nitrogen and oxygen atoms in total. The van der Waals surface area contributed by atoms with Crippen molar-refractivity contribution in [2.45, 2.75) is 19.6 Å². The molecule has 1 aliphatic rings. The maximum atomic E-state index is 12.7. The van der Waals surface area contributed by atoms with Gasteiger partial charge in [-0.15, -0.1) is 0 Å². The molecule has 4 amide bonds. The number of furan rings is 1. The highest BCUT2D eigenvalue weighted by molar-refractivity contribution is 6.21. The molecule has 3 N–H and O–H groups in total. The molecule has 0 spiro atoms. The van der Waals surface area contributed by atoms with Gasteiger partial charge in [-0.25, -0.2) is 4.79 Å². The van der Waals surface area contributed by atoms with E-state index in [4.69, 9.17) is 14.9 Å². The van der Waals surface area contributed by atoms with Gasteiger partial charge in [-0.05, 0) is 61.5 Å². The number of nitrogens with two attached hydrogens (primary N) is 1. The molecule has 2 heterocycles. The van der Waals surface area contributed by atoms with Crippen molar-refractivity contribution in [1.82, 2.24) is 4.90 Å². The Kier molecular flexibility index (Phi) is 5.96. The van der Waals surface area contributed by atoms with Crippen LogP contribution in [0.1, 0.15) is 54.1 Å². The maximum absolute atomic E-state index is 12.7. The molecule has 0 saturated carbocycles. The van der Waals surface area contributed by atoms with Gasteiger partial charge in [-0.1, -0.05) is 0 Å². The zero-order valence-electron chi connectivity index (χ0n) is 17.9. The van der Waals surface area contributed by atoms with Crippen LogP contribution in [0.15, 0.2) is 65.3 Å². The number of anilines is 1. The summed E-state index contributed by atoms with van der Waals surface area (Å²) in [5, 5.41) is 2.56. The summed E-state index contributed by atoms with van der Waals surface area (Å²) in [5.74, 6) is -2.64. The number of amides is 4. The van der Waals surface area contributed by atoms with Crippen LogP contribution in [0.5, 0.6) is 0 Å².